The lowest BCUT2D eigenvalue weighted by Crippen LogP contribution is -2.48. The van der Waals surface area contributed by atoms with Crippen LogP contribution >= 0.6 is 27.3 Å². The van der Waals surface area contributed by atoms with Crippen LogP contribution in [0.4, 0.5) is 13.2 Å². The third-order valence-electron chi connectivity index (χ3n) is 3.50. The molecule has 1 nitrogen and oxygen atoms in total. The Kier molecular flexibility index (Phi) is 4.09. The van der Waals surface area contributed by atoms with Crippen LogP contribution in [-0.4, -0.2) is 11.7 Å². The van der Waals surface area contributed by atoms with E-state index in [1.165, 1.54) is 0 Å². The van der Waals surface area contributed by atoms with Crippen LogP contribution in [0.5, 0.6) is 0 Å². The third-order valence-corrected chi connectivity index (χ3v) is 5.12. The van der Waals surface area contributed by atoms with Crippen molar-refractivity contribution in [1.29, 1.82) is 0 Å². The lowest BCUT2D eigenvalue weighted by atomic mass is 9.74. The zero-order valence-corrected chi connectivity index (χ0v) is 12.2. The number of rotatable bonds is 2. The molecule has 1 aromatic heterocycles. The monoisotopic (exact) mass is 341 g/mol. The summed E-state index contributed by atoms with van der Waals surface area (Å²) in [6.45, 7) is 0. The van der Waals surface area contributed by atoms with Gasteiger partial charge in [-0.2, -0.15) is 13.2 Å². The number of hydrogen-bond acceptors (Lipinski definition) is 2. The van der Waals surface area contributed by atoms with Crippen molar-refractivity contribution in [2.75, 3.05) is 0 Å². The highest BCUT2D eigenvalue weighted by Gasteiger charge is 2.46. The Morgan fingerprint density at radius 1 is 1.44 bits per heavy atom. The van der Waals surface area contributed by atoms with E-state index in [0.29, 0.717) is 19.3 Å². The Hall–Kier alpha value is -0.0700. The first-order chi connectivity index (χ1) is 8.28. The Morgan fingerprint density at radius 2 is 2.17 bits per heavy atom. The van der Waals surface area contributed by atoms with Gasteiger partial charge in [-0.3, -0.25) is 0 Å². The van der Waals surface area contributed by atoms with Gasteiger partial charge >= 0.3 is 6.18 Å². The minimum Gasteiger partial charge on any atom is -0.325 e. The van der Waals surface area contributed by atoms with Crippen molar-refractivity contribution >= 4 is 27.3 Å². The summed E-state index contributed by atoms with van der Waals surface area (Å²) < 4.78 is 39.3. The van der Waals surface area contributed by atoms with E-state index >= 15 is 0 Å². The van der Waals surface area contributed by atoms with Gasteiger partial charge in [0.2, 0.25) is 0 Å². The second-order valence-electron chi connectivity index (χ2n) is 5.08. The van der Waals surface area contributed by atoms with Crippen LogP contribution in [-0.2, 0) is 6.42 Å². The molecule has 18 heavy (non-hydrogen) atoms. The number of thiophene rings is 1. The van der Waals surface area contributed by atoms with E-state index in [1.807, 2.05) is 12.1 Å². The predicted octanol–water partition coefficient (Wildman–Crippen LogP) is 4.50. The molecule has 1 aromatic rings. The van der Waals surface area contributed by atoms with E-state index in [4.69, 9.17) is 5.73 Å². The van der Waals surface area contributed by atoms with Gasteiger partial charge in [0, 0.05) is 10.4 Å². The number of halogens is 4. The molecular weight excluding hydrogens is 327 g/mol. The van der Waals surface area contributed by atoms with Gasteiger partial charge in [0.25, 0.3) is 0 Å². The lowest BCUT2D eigenvalue weighted by Gasteiger charge is -2.38. The molecule has 0 saturated heterocycles. The van der Waals surface area contributed by atoms with Gasteiger partial charge in [-0.05, 0) is 53.7 Å². The average Bonchev–Trinajstić information content (AvgIpc) is 2.62. The highest BCUT2D eigenvalue weighted by atomic mass is 79.9. The lowest BCUT2D eigenvalue weighted by molar-refractivity contribution is -0.187. The van der Waals surface area contributed by atoms with Crippen LogP contribution < -0.4 is 5.73 Å². The van der Waals surface area contributed by atoms with Crippen LogP contribution in [0, 0.1) is 5.92 Å². The Balaban J connectivity index is 2.06. The summed E-state index contributed by atoms with van der Waals surface area (Å²) in [7, 11) is 0. The molecule has 2 rings (SSSR count). The molecule has 1 heterocycles. The molecule has 1 aliphatic carbocycles. The molecule has 0 amide bonds. The number of alkyl halides is 3. The average molecular weight is 342 g/mol. The van der Waals surface area contributed by atoms with Crippen molar-refractivity contribution < 1.29 is 13.2 Å². The molecule has 2 N–H and O–H groups in total. The minimum absolute atomic E-state index is 0.0476. The summed E-state index contributed by atoms with van der Waals surface area (Å²) in [6, 6.07) is 3.84. The van der Waals surface area contributed by atoms with Crippen molar-refractivity contribution in [3.05, 3.63) is 20.8 Å². The number of hydrogen-bond donors (Lipinski definition) is 1. The summed E-state index contributed by atoms with van der Waals surface area (Å²) >= 11 is 4.90. The van der Waals surface area contributed by atoms with Gasteiger partial charge in [0.05, 0.1) is 9.70 Å². The summed E-state index contributed by atoms with van der Waals surface area (Å²) in [6.07, 6.45) is -2.07. The van der Waals surface area contributed by atoms with E-state index in [0.717, 1.165) is 8.66 Å². The van der Waals surface area contributed by atoms with Crippen molar-refractivity contribution in [3.8, 4) is 0 Å². The van der Waals surface area contributed by atoms with Gasteiger partial charge in [-0.1, -0.05) is 6.42 Å². The highest BCUT2D eigenvalue weighted by Crippen LogP contribution is 2.42. The Morgan fingerprint density at radius 3 is 2.72 bits per heavy atom. The van der Waals surface area contributed by atoms with Crippen LogP contribution in [0.2, 0.25) is 0 Å². The SMILES string of the molecule is NC1(Cc2ccc(Br)s2)CCCC(C(F)(F)F)C1. The summed E-state index contributed by atoms with van der Waals surface area (Å²) in [5.74, 6) is -1.24. The minimum atomic E-state index is -4.11. The fourth-order valence-electron chi connectivity index (χ4n) is 2.63. The zero-order chi connectivity index (χ0) is 13.4. The second kappa shape index (κ2) is 5.13. The largest absolute Gasteiger partial charge is 0.391 e. The van der Waals surface area contributed by atoms with Crippen LogP contribution in [0.15, 0.2) is 15.9 Å². The molecule has 0 aliphatic heterocycles. The van der Waals surface area contributed by atoms with Crippen molar-refractivity contribution in [2.24, 2.45) is 11.7 Å². The summed E-state index contributed by atoms with van der Waals surface area (Å²) in [4.78, 5) is 1.05. The fraction of sp³-hybridized carbons (Fsp3) is 0.667. The molecule has 2 unspecified atom stereocenters. The van der Waals surface area contributed by atoms with Crippen LogP contribution in [0.3, 0.4) is 0 Å². The predicted molar refractivity (Wildman–Crippen MR) is 70.7 cm³/mol. The van der Waals surface area contributed by atoms with Crippen LogP contribution in [0.1, 0.15) is 30.6 Å². The normalized spacial score (nSPS) is 29.5. The topological polar surface area (TPSA) is 26.0 Å². The molecular formula is C12H15BrF3NS. The highest BCUT2D eigenvalue weighted by molar-refractivity contribution is 9.11. The Labute approximate surface area is 117 Å². The smallest absolute Gasteiger partial charge is 0.325 e. The van der Waals surface area contributed by atoms with Crippen molar-refractivity contribution in [1.82, 2.24) is 0 Å². The quantitative estimate of drug-likeness (QED) is 0.841. The molecule has 0 aromatic carbocycles. The molecule has 0 spiro atoms. The van der Waals surface area contributed by atoms with Gasteiger partial charge < -0.3 is 5.73 Å². The molecule has 1 aliphatic rings. The molecule has 102 valence electrons. The van der Waals surface area contributed by atoms with Crippen LogP contribution in [0.25, 0.3) is 0 Å². The molecule has 0 bridgehead atoms. The van der Waals surface area contributed by atoms with Crippen molar-refractivity contribution in [2.45, 2.75) is 43.8 Å². The van der Waals surface area contributed by atoms with Gasteiger partial charge in [0.15, 0.2) is 0 Å². The zero-order valence-electron chi connectivity index (χ0n) is 9.77. The second-order valence-corrected chi connectivity index (χ2v) is 7.63. The summed E-state index contributed by atoms with van der Waals surface area (Å²) in [5.41, 5.74) is 5.47. The Bertz CT molecular complexity index is 418. The molecule has 2 atom stereocenters. The number of nitrogens with two attached hydrogens (primary N) is 1. The first kappa shape index (κ1) is 14.3. The van der Waals surface area contributed by atoms with E-state index in [-0.39, 0.29) is 12.8 Å². The van der Waals surface area contributed by atoms with Gasteiger partial charge in [-0.15, -0.1) is 11.3 Å². The van der Waals surface area contributed by atoms with E-state index in [9.17, 15) is 13.2 Å². The van der Waals surface area contributed by atoms with E-state index in [1.54, 1.807) is 11.3 Å². The molecule has 1 fully saturated rings. The van der Waals surface area contributed by atoms with E-state index in [2.05, 4.69) is 15.9 Å². The summed E-state index contributed by atoms with van der Waals surface area (Å²) in [5, 5.41) is 0. The van der Waals surface area contributed by atoms with Gasteiger partial charge in [-0.25, -0.2) is 0 Å². The first-order valence-corrected chi connectivity index (χ1v) is 7.49. The molecule has 0 radical (unpaired) electrons. The third kappa shape index (κ3) is 3.48. The van der Waals surface area contributed by atoms with Gasteiger partial charge in [0.1, 0.15) is 0 Å². The standard InChI is InChI=1S/C12H15BrF3NS/c13-10-4-3-9(18-10)7-11(17)5-1-2-8(6-11)12(14,15)16/h3-4,8H,1-2,5-7,17H2. The maximum Gasteiger partial charge on any atom is 0.391 e. The fourth-order valence-corrected chi connectivity index (χ4v) is 4.27. The maximum absolute atomic E-state index is 12.8. The van der Waals surface area contributed by atoms with Crippen molar-refractivity contribution in [3.63, 3.8) is 0 Å². The molecule has 6 heteroatoms. The molecule has 1 saturated carbocycles. The van der Waals surface area contributed by atoms with E-state index < -0.39 is 17.6 Å². The maximum atomic E-state index is 12.8. The first-order valence-electron chi connectivity index (χ1n) is 5.88.